The quantitative estimate of drug-likeness (QED) is 0.760. The number of rotatable bonds is 4. The SMILES string of the molecule is O=S(=O)(c1ccc(OC(F)(F)F)cc1)N1CCc2oc(C3CCOC3)nc2C1. The highest BCUT2D eigenvalue weighted by Gasteiger charge is 2.34. The average molecular weight is 418 g/mol. The fourth-order valence-electron chi connectivity index (χ4n) is 3.27. The van der Waals surface area contributed by atoms with Gasteiger partial charge in [0, 0.05) is 19.6 Å². The first kappa shape index (κ1) is 19.2. The molecule has 1 atom stereocenters. The van der Waals surface area contributed by atoms with Crippen molar-refractivity contribution in [1.29, 1.82) is 0 Å². The number of alkyl halides is 3. The van der Waals surface area contributed by atoms with Gasteiger partial charge in [-0.05, 0) is 30.7 Å². The van der Waals surface area contributed by atoms with Crippen LogP contribution in [0.3, 0.4) is 0 Å². The number of fused-ring (bicyclic) bond motifs is 1. The summed E-state index contributed by atoms with van der Waals surface area (Å²) in [7, 11) is -3.88. The summed E-state index contributed by atoms with van der Waals surface area (Å²) < 4.78 is 78.6. The van der Waals surface area contributed by atoms with E-state index < -0.39 is 22.1 Å². The molecule has 1 aromatic heterocycles. The van der Waals surface area contributed by atoms with Crippen LogP contribution in [0, 0.1) is 0 Å². The highest BCUT2D eigenvalue weighted by Crippen LogP contribution is 2.31. The topological polar surface area (TPSA) is 81.9 Å². The molecule has 2 aliphatic rings. The molecule has 0 radical (unpaired) electrons. The van der Waals surface area contributed by atoms with E-state index in [2.05, 4.69) is 9.72 Å². The van der Waals surface area contributed by atoms with Crippen molar-refractivity contribution in [2.24, 2.45) is 0 Å². The zero-order chi connectivity index (χ0) is 19.9. The molecule has 1 saturated heterocycles. The van der Waals surface area contributed by atoms with Gasteiger partial charge in [0.25, 0.3) is 0 Å². The molecule has 1 fully saturated rings. The van der Waals surface area contributed by atoms with Gasteiger partial charge in [-0.3, -0.25) is 0 Å². The van der Waals surface area contributed by atoms with Gasteiger partial charge in [0.2, 0.25) is 10.0 Å². The first-order chi connectivity index (χ1) is 13.2. The second kappa shape index (κ2) is 7.05. The molecule has 152 valence electrons. The summed E-state index contributed by atoms with van der Waals surface area (Å²) in [4.78, 5) is 4.33. The van der Waals surface area contributed by atoms with Gasteiger partial charge in [-0.15, -0.1) is 13.2 Å². The molecule has 0 bridgehead atoms. The minimum atomic E-state index is -4.83. The molecule has 7 nitrogen and oxygen atoms in total. The van der Waals surface area contributed by atoms with Crippen LogP contribution in [0.5, 0.6) is 5.75 Å². The summed E-state index contributed by atoms with van der Waals surface area (Å²) in [6.45, 7) is 1.43. The van der Waals surface area contributed by atoms with E-state index in [-0.39, 0.29) is 23.9 Å². The maximum Gasteiger partial charge on any atom is 0.573 e. The van der Waals surface area contributed by atoms with Gasteiger partial charge >= 0.3 is 6.36 Å². The zero-order valence-electron chi connectivity index (χ0n) is 14.6. The van der Waals surface area contributed by atoms with Crippen LogP contribution in [0.25, 0.3) is 0 Å². The lowest BCUT2D eigenvalue weighted by atomic mass is 10.1. The van der Waals surface area contributed by atoms with Gasteiger partial charge in [0.1, 0.15) is 11.5 Å². The highest BCUT2D eigenvalue weighted by molar-refractivity contribution is 7.89. The first-order valence-corrected chi connectivity index (χ1v) is 10.1. The van der Waals surface area contributed by atoms with E-state index in [1.165, 1.54) is 4.31 Å². The van der Waals surface area contributed by atoms with Crippen molar-refractivity contribution in [2.75, 3.05) is 19.8 Å². The largest absolute Gasteiger partial charge is 0.573 e. The molecule has 0 N–H and O–H groups in total. The average Bonchev–Trinajstić information content (AvgIpc) is 3.29. The second-order valence-electron chi connectivity index (χ2n) is 6.59. The molecule has 2 aromatic rings. The van der Waals surface area contributed by atoms with Crippen molar-refractivity contribution in [3.63, 3.8) is 0 Å². The molecule has 2 aliphatic heterocycles. The molecule has 1 unspecified atom stereocenters. The van der Waals surface area contributed by atoms with E-state index in [0.29, 0.717) is 37.0 Å². The van der Waals surface area contributed by atoms with Crippen LogP contribution in [0.4, 0.5) is 13.2 Å². The Bertz CT molecular complexity index is 950. The van der Waals surface area contributed by atoms with E-state index in [0.717, 1.165) is 30.7 Å². The summed E-state index contributed by atoms with van der Waals surface area (Å²) in [5.41, 5.74) is 0.564. The van der Waals surface area contributed by atoms with Crippen molar-refractivity contribution >= 4 is 10.0 Å². The van der Waals surface area contributed by atoms with Gasteiger partial charge < -0.3 is 13.9 Å². The standard InChI is InChI=1S/C17H17F3N2O5S/c18-17(19,20)27-12-1-3-13(4-2-12)28(23,24)22-7-5-15-14(9-22)21-16(26-15)11-6-8-25-10-11/h1-4,11H,5-10H2. The Balaban J connectivity index is 1.51. The summed E-state index contributed by atoms with van der Waals surface area (Å²) in [6.07, 6.45) is -3.64. The highest BCUT2D eigenvalue weighted by atomic mass is 32.2. The predicted octanol–water partition coefficient (Wildman–Crippen LogP) is 2.82. The van der Waals surface area contributed by atoms with Gasteiger partial charge in [-0.25, -0.2) is 13.4 Å². The molecule has 0 saturated carbocycles. The minimum absolute atomic E-state index is 0.0511. The van der Waals surface area contributed by atoms with Crippen LogP contribution in [0.2, 0.25) is 0 Å². The number of halogens is 3. The zero-order valence-corrected chi connectivity index (χ0v) is 15.4. The van der Waals surface area contributed by atoms with Gasteiger partial charge in [-0.1, -0.05) is 0 Å². The Morgan fingerprint density at radius 2 is 1.96 bits per heavy atom. The third-order valence-electron chi connectivity index (χ3n) is 4.68. The number of hydrogen-bond donors (Lipinski definition) is 0. The van der Waals surface area contributed by atoms with Crippen molar-refractivity contribution < 1.29 is 35.5 Å². The molecular weight excluding hydrogens is 401 g/mol. The fourth-order valence-corrected chi connectivity index (χ4v) is 4.67. The van der Waals surface area contributed by atoms with E-state index in [9.17, 15) is 21.6 Å². The fraction of sp³-hybridized carbons (Fsp3) is 0.471. The molecule has 11 heteroatoms. The van der Waals surface area contributed by atoms with E-state index in [4.69, 9.17) is 9.15 Å². The molecule has 3 heterocycles. The van der Waals surface area contributed by atoms with E-state index >= 15 is 0 Å². The van der Waals surface area contributed by atoms with Gasteiger partial charge in [0.15, 0.2) is 5.89 Å². The normalized spacial score (nSPS) is 20.9. The van der Waals surface area contributed by atoms with Crippen molar-refractivity contribution in [3.05, 3.63) is 41.6 Å². The third kappa shape index (κ3) is 3.87. The summed E-state index contributed by atoms with van der Waals surface area (Å²) in [6, 6.07) is 4.14. The van der Waals surface area contributed by atoms with Crippen LogP contribution < -0.4 is 4.74 Å². The number of nitrogens with zero attached hydrogens (tertiary/aromatic N) is 2. The second-order valence-corrected chi connectivity index (χ2v) is 8.53. The molecule has 0 spiro atoms. The molecule has 0 aliphatic carbocycles. The number of benzene rings is 1. The van der Waals surface area contributed by atoms with Crippen LogP contribution >= 0.6 is 0 Å². The Labute approximate surface area is 159 Å². The maximum absolute atomic E-state index is 12.8. The molecule has 28 heavy (non-hydrogen) atoms. The number of hydrogen-bond acceptors (Lipinski definition) is 6. The maximum atomic E-state index is 12.8. The summed E-state index contributed by atoms with van der Waals surface area (Å²) in [5, 5.41) is 0. The summed E-state index contributed by atoms with van der Waals surface area (Å²) in [5.74, 6) is 0.835. The van der Waals surface area contributed by atoms with Crippen molar-refractivity contribution in [2.45, 2.75) is 36.6 Å². The first-order valence-electron chi connectivity index (χ1n) is 8.64. The lowest BCUT2D eigenvalue weighted by molar-refractivity contribution is -0.274. The van der Waals surface area contributed by atoms with Gasteiger partial charge in [-0.2, -0.15) is 4.31 Å². The third-order valence-corrected chi connectivity index (χ3v) is 6.54. The molecule has 4 rings (SSSR count). The molecule has 1 aromatic carbocycles. The monoisotopic (exact) mass is 418 g/mol. The lowest BCUT2D eigenvalue weighted by Crippen LogP contribution is -2.35. The molecular formula is C17H17F3N2O5S. The number of ether oxygens (including phenoxy) is 2. The summed E-state index contributed by atoms with van der Waals surface area (Å²) >= 11 is 0. The van der Waals surface area contributed by atoms with Crippen molar-refractivity contribution in [1.82, 2.24) is 9.29 Å². The molecule has 0 amide bonds. The van der Waals surface area contributed by atoms with Gasteiger partial charge in [0.05, 0.1) is 29.7 Å². The lowest BCUT2D eigenvalue weighted by Gasteiger charge is -2.24. The Morgan fingerprint density at radius 1 is 1.21 bits per heavy atom. The van der Waals surface area contributed by atoms with E-state index in [1.807, 2.05) is 0 Å². The van der Waals surface area contributed by atoms with Crippen LogP contribution in [-0.4, -0.2) is 43.8 Å². The minimum Gasteiger partial charge on any atom is -0.445 e. The smallest absolute Gasteiger partial charge is 0.445 e. The van der Waals surface area contributed by atoms with Crippen LogP contribution in [0.1, 0.15) is 29.7 Å². The van der Waals surface area contributed by atoms with Crippen LogP contribution in [-0.2, 0) is 27.7 Å². The Kier molecular flexibility index (Phi) is 4.84. The van der Waals surface area contributed by atoms with E-state index in [1.54, 1.807) is 0 Å². The predicted molar refractivity (Wildman–Crippen MR) is 89.1 cm³/mol. The van der Waals surface area contributed by atoms with Crippen LogP contribution in [0.15, 0.2) is 33.6 Å². The Hall–Kier alpha value is -2.11. The van der Waals surface area contributed by atoms with Crippen molar-refractivity contribution in [3.8, 4) is 5.75 Å². The number of aromatic nitrogens is 1. The number of oxazole rings is 1. The number of sulfonamides is 1. The Morgan fingerprint density at radius 3 is 2.61 bits per heavy atom.